The van der Waals surface area contributed by atoms with Crippen molar-refractivity contribution in [3.05, 3.63) is 11.6 Å². The lowest BCUT2D eigenvalue weighted by Gasteiger charge is -2.63. The largest absolute Gasteiger partial charge is 0.393 e. The molecule has 4 aliphatic carbocycles. The molecule has 0 radical (unpaired) electrons. The molecule has 3 saturated carbocycles. The first kappa shape index (κ1) is 22.4. The monoisotopic (exact) mass is 431 g/mol. The SMILES string of the molecule is CC1CCC(C(C)C2C(O)CC3C4CC=C5CC(O)CCC5(C)C4(O)CCC32C)NC1. The summed E-state index contributed by atoms with van der Waals surface area (Å²) in [5.74, 6) is 2.11. The number of piperidine rings is 1. The van der Waals surface area contributed by atoms with Gasteiger partial charge >= 0.3 is 0 Å². The third kappa shape index (κ3) is 3.15. The molecule has 11 unspecified atom stereocenters. The minimum Gasteiger partial charge on any atom is -0.393 e. The molecule has 31 heavy (non-hydrogen) atoms. The molecule has 5 rings (SSSR count). The Morgan fingerprint density at radius 1 is 1.06 bits per heavy atom. The maximum absolute atomic E-state index is 12.3. The van der Waals surface area contributed by atoms with Crippen LogP contribution in [0.15, 0.2) is 11.6 Å². The Bertz CT molecular complexity index is 730. The zero-order valence-corrected chi connectivity index (χ0v) is 20.1. The van der Waals surface area contributed by atoms with Crippen molar-refractivity contribution in [1.29, 1.82) is 0 Å². The van der Waals surface area contributed by atoms with Crippen molar-refractivity contribution in [2.45, 2.75) is 109 Å². The van der Waals surface area contributed by atoms with Crippen molar-refractivity contribution >= 4 is 0 Å². The van der Waals surface area contributed by atoms with E-state index in [1.54, 1.807) is 0 Å². The first-order valence-electron chi connectivity index (χ1n) is 13.1. The van der Waals surface area contributed by atoms with Gasteiger partial charge in [-0.1, -0.05) is 39.3 Å². The van der Waals surface area contributed by atoms with Gasteiger partial charge in [0.1, 0.15) is 0 Å². The molecule has 0 spiro atoms. The van der Waals surface area contributed by atoms with Crippen molar-refractivity contribution in [1.82, 2.24) is 5.32 Å². The third-order valence-electron chi connectivity index (χ3n) is 11.3. The Hall–Kier alpha value is -0.420. The smallest absolute Gasteiger partial charge is 0.0772 e. The number of hydrogen-bond donors (Lipinski definition) is 4. The van der Waals surface area contributed by atoms with Crippen LogP contribution < -0.4 is 5.32 Å². The number of aliphatic hydroxyl groups excluding tert-OH is 2. The van der Waals surface area contributed by atoms with Crippen molar-refractivity contribution in [2.24, 2.45) is 40.4 Å². The molecule has 5 aliphatic rings. The summed E-state index contributed by atoms with van der Waals surface area (Å²) < 4.78 is 0. The third-order valence-corrected chi connectivity index (χ3v) is 11.3. The van der Waals surface area contributed by atoms with E-state index in [4.69, 9.17) is 0 Å². The van der Waals surface area contributed by atoms with Crippen LogP contribution in [-0.2, 0) is 0 Å². The lowest BCUT2D eigenvalue weighted by molar-refractivity contribution is -0.190. The van der Waals surface area contributed by atoms with Gasteiger partial charge in [0.25, 0.3) is 0 Å². The molecule has 0 aromatic carbocycles. The minimum atomic E-state index is -0.697. The predicted molar refractivity (Wildman–Crippen MR) is 123 cm³/mol. The van der Waals surface area contributed by atoms with Crippen LogP contribution in [0.5, 0.6) is 0 Å². The summed E-state index contributed by atoms with van der Waals surface area (Å²) in [7, 11) is 0. The van der Waals surface area contributed by atoms with Crippen molar-refractivity contribution < 1.29 is 15.3 Å². The Balaban J connectivity index is 1.43. The molecule has 0 aromatic rings. The molecular weight excluding hydrogens is 386 g/mol. The van der Waals surface area contributed by atoms with Crippen LogP contribution in [0.2, 0.25) is 0 Å². The fraction of sp³-hybridized carbons (Fsp3) is 0.926. The van der Waals surface area contributed by atoms with Gasteiger partial charge in [0.15, 0.2) is 0 Å². The average molecular weight is 432 g/mol. The van der Waals surface area contributed by atoms with Crippen LogP contribution in [0.4, 0.5) is 0 Å². The van der Waals surface area contributed by atoms with E-state index in [0.717, 1.165) is 57.4 Å². The van der Waals surface area contributed by atoms with E-state index < -0.39 is 5.60 Å². The van der Waals surface area contributed by atoms with E-state index in [1.165, 1.54) is 18.4 Å². The molecule has 4 nitrogen and oxygen atoms in total. The Morgan fingerprint density at radius 2 is 1.84 bits per heavy atom. The van der Waals surface area contributed by atoms with Gasteiger partial charge in [0.2, 0.25) is 0 Å². The van der Waals surface area contributed by atoms with E-state index in [2.05, 4.69) is 39.1 Å². The van der Waals surface area contributed by atoms with Gasteiger partial charge in [-0.05, 0) is 99.3 Å². The molecule has 11 atom stereocenters. The molecule has 1 aliphatic heterocycles. The lowest BCUT2D eigenvalue weighted by atomic mass is 9.44. The Kier molecular flexibility index (Phi) is 5.45. The molecule has 176 valence electrons. The summed E-state index contributed by atoms with van der Waals surface area (Å²) in [5, 5.41) is 37.7. The van der Waals surface area contributed by atoms with Crippen LogP contribution in [0.25, 0.3) is 0 Å². The van der Waals surface area contributed by atoms with E-state index in [1.807, 2.05) is 0 Å². The lowest BCUT2D eigenvalue weighted by Crippen LogP contribution is -2.63. The summed E-state index contributed by atoms with van der Waals surface area (Å²) in [6.07, 6.45) is 10.3. The van der Waals surface area contributed by atoms with Crippen molar-refractivity contribution in [3.63, 3.8) is 0 Å². The summed E-state index contributed by atoms with van der Waals surface area (Å²) in [6, 6.07) is 0.502. The first-order valence-corrected chi connectivity index (χ1v) is 13.1. The minimum absolute atomic E-state index is 0.0936. The molecule has 0 bridgehead atoms. The quantitative estimate of drug-likeness (QED) is 0.498. The van der Waals surface area contributed by atoms with E-state index in [9.17, 15) is 15.3 Å². The maximum atomic E-state index is 12.3. The van der Waals surface area contributed by atoms with Crippen LogP contribution in [0, 0.1) is 40.4 Å². The van der Waals surface area contributed by atoms with Crippen LogP contribution in [-0.4, -0.2) is 45.7 Å². The summed E-state index contributed by atoms with van der Waals surface area (Å²) in [5.41, 5.74) is 0.470. The standard InChI is InChI=1S/C27H45NO3/c1-16-5-8-22(28-15-16)17(2)24-23(30)14-21-20-7-6-18-13-19(29)9-10-26(18,4)27(20,31)12-11-25(21,24)3/h6,16-17,19-24,28-31H,5,7-15H2,1-4H3. The molecule has 1 heterocycles. The second-order valence-electron chi connectivity index (χ2n) is 12.7. The molecule has 0 aromatic heterocycles. The number of rotatable bonds is 2. The number of allylic oxidation sites excluding steroid dienone is 1. The van der Waals surface area contributed by atoms with Gasteiger partial charge in [0.05, 0.1) is 17.8 Å². The zero-order chi connectivity index (χ0) is 22.2. The molecule has 0 amide bonds. The molecule has 4 fully saturated rings. The van der Waals surface area contributed by atoms with E-state index in [0.29, 0.717) is 23.8 Å². The first-order chi connectivity index (χ1) is 14.6. The molecule has 1 saturated heterocycles. The van der Waals surface area contributed by atoms with Crippen LogP contribution >= 0.6 is 0 Å². The van der Waals surface area contributed by atoms with Crippen molar-refractivity contribution in [2.75, 3.05) is 6.54 Å². The topological polar surface area (TPSA) is 72.7 Å². The number of nitrogens with one attached hydrogen (secondary N) is 1. The van der Waals surface area contributed by atoms with E-state index in [-0.39, 0.29) is 29.0 Å². The second-order valence-corrected chi connectivity index (χ2v) is 12.7. The normalized spacial score (nSPS) is 55.6. The summed E-state index contributed by atoms with van der Waals surface area (Å²) >= 11 is 0. The summed E-state index contributed by atoms with van der Waals surface area (Å²) in [6.45, 7) is 10.5. The Labute approximate surface area is 188 Å². The fourth-order valence-electron chi connectivity index (χ4n) is 9.30. The zero-order valence-electron chi connectivity index (χ0n) is 20.1. The summed E-state index contributed by atoms with van der Waals surface area (Å²) in [4.78, 5) is 0. The maximum Gasteiger partial charge on any atom is 0.0772 e. The number of hydrogen-bond acceptors (Lipinski definition) is 4. The van der Waals surface area contributed by atoms with Gasteiger partial charge in [-0.2, -0.15) is 0 Å². The van der Waals surface area contributed by atoms with Crippen molar-refractivity contribution in [3.8, 4) is 0 Å². The highest BCUT2D eigenvalue weighted by molar-refractivity contribution is 5.31. The highest BCUT2D eigenvalue weighted by atomic mass is 16.3. The van der Waals surface area contributed by atoms with Crippen LogP contribution in [0.3, 0.4) is 0 Å². The van der Waals surface area contributed by atoms with Gasteiger partial charge < -0.3 is 20.6 Å². The fourth-order valence-corrected chi connectivity index (χ4v) is 9.30. The van der Waals surface area contributed by atoms with Gasteiger partial charge in [-0.25, -0.2) is 0 Å². The molecule has 4 N–H and O–H groups in total. The predicted octanol–water partition coefficient (Wildman–Crippen LogP) is 4.04. The van der Waals surface area contributed by atoms with Gasteiger partial charge in [0, 0.05) is 11.5 Å². The molecule has 4 heteroatoms. The number of fused-ring (bicyclic) bond motifs is 5. The average Bonchev–Trinajstić information content (AvgIpc) is 2.99. The number of aliphatic hydroxyl groups is 3. The Morgan fingerprint density at radius 3 is 2.55 bits per heavy atom. The van der Waals surface area contributed by atoms with Crippen LogP contribution in [0.1, 0.15) is 85.5 Å². The van der Waals surface area contributed by atoms with E-state index >= 15 is 0 Å². The van der Waals surface area contributed by atoms with Gasteiger partial charge in [-0.3, -0.25) is 0 Å². The molecular formula is C27H45NO3. The highest BCUT2D eigenvalue weighted by Crippen LogP contribution is 2.68. The second kappa shape index (κ2) is 7.55. The highest BCUT2D eigenvalue weighted by Gasteiger charge is 2.67. The van der Waals surface area contributed by atoms with Gasteiger partial charge in [-0.15, -0.1) is 0 Å².